The minimum absolute atomic E-state index is 0.0713. The third-order valence-electron chi connectivity index (χ3n) is 16.6. The van der Waals surface area contributed by atoms with Crippen LogP contribution < -0.4 is 0 Å². The zero-order valence-electron chi connectivity index (χ0n) is 54.8. The Morgan fingerprint density at radius 1 is 0.247 bits per heavy atom. The fraction of sp³-hybridized carbons (Fsp3) is 0.880. The van der Waals surface area contributed by atoms with Crippen LogP contribution in [-0.2, 0) is 28.6 Å². The molecule has 6 nitrogen and oxygen atoms in total. The Hall–Kier alpha value is -2.37. The molecular weight excluding hydrogens is 997 g/mol. The van der Waals surface area contributed by atoms with Crippen LogP contribution in [0.4, 0.5) is 0 Å². The number of rotatable bonds is 68. The molecule has 1 unspecified atom stereocenters. The van der Waals surface area contributed by atoms with Gasteiger partial charge >= 0.3 is 17.9 Å². The van der Waals surface area contributed by atoms with E-state index in [0.717, 1.165) is 77.0 Å². The van der Waals surface area contributed by atoms with Crippen LogP contribution in [0.25, 0.3) is 0 Å². The molecule has 6 heteroatoms. The SMILES string of the molecule is CCCC/C=C\C/C=C\CCCCCCCC(=O)OCC(COC(=O)CCCCCCCCCCCCCCCCC/C=C\CCCCCCCCCC)OC(=O)CCCCCCCCCCCCCCCCCCCCCCCC. The number of ether oxygens (including phenoxy) is 3. The van der Waals surface area contributed by atoms with Crippen LogP contribution in [0.5, 0.6) is 0 Å². The maximum Gasteiger partial charge on any atom is 0.306 e. The van der Waals surface area contributed by atoms with E-state index in [1.165, 1.54) is 289 Å². The fourth-order valence-electron chi connectivity index (χ4n) is 11.1. The van der Waals surface area contributed by atoms with Crippen molar-refractivity contribution in [1.29, 1.82) is 0 Å². The standard InChI is InChI=1S/C75H140O6/c1-4-7-10-13-16-19-22-25-28-30-32-34-36-37-38-39-40-42-43-45-47-50-53-56-59-62-65-68-74(77)80-71-72(70-79-73(76)67-64-61-58-55-52-49-27-24-21-18-15-12-9-6-3)81-75(78)69-66-63-60-57-54-51-48-46-44-41-35-33-31-29-26-23-20-17-14-11-8-5-2/h15,18,24,27,30,32,72H,4-14,16-17,19-23,25-26,28-29,31,33-71H2,1-3H3/b18-15-,27-24-,32-30-. The van der Waals surface area contributed by atoms with Gasteiger partial charge in [0, 0.05) is 19.3 Å². The lowest BCUT2D eigenvalue weighted by Gasteiger charge is -2.18. The van der Waals surface area contributed by atoms with Gasteiger partial charge < -0.3 is 14.2 Å². The van der Waals surface area contributed by atoms with E-state index < -0.39 is 6.10 Å². The Bertz CT molecular complexity index is 1350. The molecule has 0 bridgehead atoms. The summed E-state index contributed by atoms with van der Waals surface area (Å²) in [5.74, 6) is -0.855. The highest BCUT2D eigenvalue weighted by Crippen LogP contribution is 2.19. The van der Waals surface area contributed by atoms with Gasteiger partial charge in [-0.3, -0.25) is 14.4 Å². The van der Waals surface area contributed by atoms with Gasteiger partial charge in [-0.05, 0) is 70.6 Å². The summed E-state index contributed by atoms with van der Waals surface area (Å²) in [7, 11) is 0. The van der Waals surface area contributed by atoms with Crippen molar-refractivity contribution in [3.63, 3.8) is 0 Å². The summed E-state index contributed by atoms with van der Waals surface area (Å²) in [6.45, 7) is 6.67. The highest BCUT2D eigenvalue weighted by atomic mass is 16.6. The summed E-state index contributed by atoms with van der Waals surface area (Å²) in [5.41, 5.74) is 0. The summed E-state index contributed by atoms with van der Waals surface area (Å²) < 4.78 is 17.0. The monoisotopic (exact) mass is 1140 g/mol. The van der Waals surface area contributed by atoms with Crippen molar-refractivity contribution in [2.75, 3.05) is 13.2 Å². The summed E-state index contributed by atoms with van der Waals surface area (Å²) in [6, 6.07) is 0. The zero-order chi connectivity index (χ0) is 58.5. The normalized spacial score (nSPS) is 12.2. The van der Waals surface area contributed by atoms with Gasteiger partial charge in [-0.25, -0.2) is 0 Å². The second kappa shape index (κ2) is 70.1. The quantitative estimate of drug-likeness (QED) is 0.0261. The molecule has 0 aromatic heterocycles. The maximum atomic E-state index is 13.0. The molecule has 0 spiro atoms. The Labute approximate surface area is 506 Å². The van der Waals surface area contributed by atoms with E-state index >= 15 is 0 Å². The Morgan fingerprint density at radius 3 is 0.728 bits per heavy atom. The molecule has 0 aliphatic heterocycles. The van der Waals surface area contributed by atoms with Gasteiger partial charge in [-0.1, -0.05) is 353 Å². The number of hydrogen-bond acceptors (Lipinski definition) is 6. The number of allylic oxidation sites excluding steroid dienone is 6. The molecule has 0 aromatic carbocycles. The highest BCUT2D eigenvalue weighted by Gasteiger charge is 2.19. The molecule has 0 saturated heterocycles. The molecule has 1 atom stereocenters. The second-order valence-electron chi connectivity index (χ2n) is 24.9. The van der Waals surface area contributed by atoms with E-state index in [9.17, 15) is 14.4 Å². The average molecular weight is 1140 g/mol. The van der Waals surface area contributed by atoms with Gasteiger partial charge in [0.25, 0.3) is 0 Å². The van der Waals surface area contributed by atoms with Gasteiger partial charge in [0.1, 0.15) is 13.2 Å². The molecule has 0 saturated carbocycles. The molecule has 0 amide bonds. The van der Waals surface area contributed by atoms with Crippen molar-refractivity contribution in [3.05, 3.63) is 36.5 Å². The fourth-order valence-corrected chi connectivity index (χ4v) is 11.1. The molecule has 0 aliphatic rings. The van der Waals surface area contributed by atoms with Gasteiger partial charge in [-0.2, -0.15) is 0 Å². The first-order valence-electron chi connectivity index (χ1n) is 36.5. The van der Waals surface area contributed by atoms with Crippen molar-refractivity contribution in [1.82, 2.24) is 0 Å². The Kier molecular flexibility index (Phi) is 68.1. The number of esters is 3. The van der Waals surface area contributed by atoms with Gasteiger partial charge in [0.2, 0.25) is 0 Å². The first kappa shape index (κ1) is 78.6. The molecule has 0 radical (unpaired) electrons. The molecule has 476 valence electrons. The van der Waals surface area contributed by atoms with Crippen LogP contribution in [-0.4, -0.2) is 37.2 Å². The largest absolute Gasteiger partial charge is 0.462 e. The van der Waals surface area contributed by atoms with Crippen molar-refractivity contribution in [3.8, 4) is 0 Å². The third-order valence-corrected chi connectivity index (χ3v) is 16.6. The van der Waals surface area contributed by atoms with E-state index in [4.69, 9.17) is 14.2 Å². The molecule has 81 heavy (non-hydrogen) atoms. The van der Waals surface area contributed by atoms with Crippen LogP contribution >= 0.6 is 0 Å². The Balaban J connectivity index is 4.22. The molecule has 0 heterocycles. The number of hydrogen-bond donors (Lipinski definition) is 0. The molecule has 0 fully saturated rings. The topological polar surface area (TPSA) is 78.9 Å². The smallest absolute Gasteiger partial charge is 0.306 e. The van der Waals surface area contributed by atoms with Crippen molar-refractivity contribution in [2.45, 2.75) is 412 Å². The summed E-state index contributed by atoms with van der Waals surface area (Å²) in [5, 5.41) is 0. The summed E-state index contributed by atoms with van der Waals surface area (Å²) in [6.07, 6.45) is 87.6. The van der Waals surface area contributed by atoms with Gasteiger partial charge in [0.15, 0.2) is 6.10 Å². The van der Waals surface area contributed by atoms with Crippen LogP contribution in [0, 0.1) is 0 Å². The number of unbranched alkanes of at least 4 members (excludes halogenated alkanes) is 51. The Morgan fingerprint density at radius 2 is 0.457 bits per heavy atom. The number of carbonyl (C=O) groups excluding carboxylic acids is 3. The van der Waals surface area contributed by atoms with Crippen molar-refractivity contribution >= 4 is 17.9 Å². The summed E-state index contributed by atoms with van der Waals surface area (Å²) in [4.78, 5) is 38.5. The van der Waals surface area contributed by atoms with Crippen LogP contribution in [0.2, 0.25) is 0 Å². The minimum Gasteiger partial charge on any atom is -0.462 e. The highest BCUT2D eigenvalue weighted by molar-refractivity contribution is 5.71. The van der Waals surface area contributed by atoms with Crippen molar-refractivity contribution in [2.24, 2.45) is 0 Å². The van der Waals surface area contributed by atoms with E-state index in [-0.39, 0.29) is 31.1 Å². The minimum atomic E-state index is -0.776. The number of carbonyl (C=O) groups is 3. The van der Waals surface area contributed by atoms with Gasteiger partial charge in [-0.15, -0.1) is 0 Å². The van der Waals surface area contributed by atoms with E-state index in [1.807, 2.05) is 0 Å². The molecule has 0 rings (SSSR count). The molecule has 0 aromatic rings. The van der Waals surface area contributed by atoms with Gasteiger partial charge in [0.05, 0.1) is 0 Å². The third kappa shape index (κ3) is 68.3. The average Bonchev–Trinajstić information content (AvgIpc) is 3.47. The van der Waals surface area contributed by atoms with Crippen molar-refractivity contribution < 1.29 is 28.6 Å². The second-order valence-corrected chi connectivity index (χ2v) is 24.9. The first-order valence-corrected chi connectivity index (χ1v) is 36.5. The predicted octanol–water partition coefficient (Wildman–Crippen LogP) is 25.1. The molecular formula is C75H140O6. The summed E-state index contributed by atoms with van der Waals surface area (Å²) >= 11 is 0. The molecule has 0 aliphatic carbocycles. The lowest BCUT2D eigenvalue weighted by atomic mass is 10.0. The predicted molar refractivity (Wildman–Crippen MR) is 353 cm³/mol. The maximum absolute atomic E-state index is 13.0. The zero-order valence-corrected chi connectivity index (χ0v) is 54.8. The van der Waals surface area contributed by atoms with Crippen LogP contribution in [0.1, 0.15) is 406 Å². The van der Waals surface area contributed by atoms with E-state index in [1.54, 1.807) is 0 Å². The van der Waals surface area contributed by atoms with E-state index in [2.05, 4.69) is 57.2 Å². The van der Waals surface area contributed by atoms with Crippen LogP contribution in [0.3, 0.4) is 0 Å². The lowest BCUT2D eigenvalue weighted by molar-refractivity contribution is -0.167. The first-order chi connectivity index (χ1) is 40.0. The van der Waals surface area contributed by atoms with E-state index in [0.29, 0.717) is 19.3 Å². The van der Waals surface area contributed by atoms with Crippen LogP contribution in [0.15, 0.2) is 36.5 Å². The lowest BCUT2D eigenvalue weighted by Crippen LogP contribution is -2.30. The molecule has 0 N–H and O–H groups in total.